The summed E-state index contributed by atoms with van der Waals surface area (Å²) in [5, 5.41) is 2.95. The Balaban J connectivity index is 1.39. The monoisotopic (exact) mass is 421 g/mol. The van der Waals surface area contributed by atoms with Crippen LogP contribution in [0, 0.1) is 0 Å². The van der Waals surface area contributed by atoms with Crippen LogP contribution < -0.4 is 4.90 Å². The lowest BCUT2D eigenvalue weighted by Gasteiger charge is -2.26. The van der Waals surface area contributed by atoms with Crippen molar-refractivity contribution in [1.29, 1.82) is 0 Å². The second-order valence-electron chi connectivity index (χ2n) is 7.38. The lowest BCUT2D eigenvalue weighted by molar-refractivity contribution is -0.118. The van der Waals surface area contributed by atoms with Gasteiger partial charge >= 0.3 is 0 Å². The first-order valence-electron chi connectivity index (χ1n) is 10.4. The van der Waals surface area contributed by atoms with Crippen LogP contribution in [0.3, 0.4) is 0 Å². The van der Waals surface area contributed by atoms with Crippen molar-refractivity contribution in [3.05, 3.63) is 71.2 Å². The average Bonchev–Trinajstić information content (AvgIpc) is 3.25. The van der Waals surface area contributed by atoms with Crippen molar-refractivity contribution >= 4 is 22.9 Å². The standard InChI is InChI=1S/C24H27N3O2S/c1-2-27(22-6-4-3-5-7-22)23(28)16-21-18-30-24(25-21)20-10-8-19(9-11-20)17-26-12-14-29-15-13-26/h3-11,18H,2,12-17H2,1H3. The second kappa shape index (κ2) is 9.98. The highest BCUT2D eigenvalue weighted by atomic mass is 32.1. The Morgan fingerprint density at radius 1 is 1.10 bits per heavy atom. The summed E-state index contributed by atoms with van der Waals surface area (Å²) in [6.07, 6.45) is 0.314. The Kier molecular flexibility index (Phi) is 6.89. The smallest absolute Gasteiger partial charge is 0.233 e. The van der Waals surface area contributed by atoms with Crippen LogP contribution in [0.15, 0.2) is 60.0 Å². The van der Waals surface area contributed by atoms with Crippen molar-refractivity contribution in [3.63, 3.8) is 0 Å². The van der Waals surface area contributed by atoms with Crippen LogP contribution in [0.2, 0.25) is 0 Å². The molecule has 2 heterocycles. The number of carbonyl (C=O) groups is 1. The van der Waals surface area contributed by atoms with Gasteiger partial charge in [0, 0.05) is 42.8 Å². The number of carbonyl (C=O) groups excluding carboxylic acids is 1. The Morgan fingerprint density at radius 3 is 2.53 bits per heavy atom. The summed E-state index contributed by atoms with van der Waals surface area (Å²) in [5.41, 5.74) is 4.15. The molecule has 5 nitrogen and oxygen atoms in total. The number of anilines is 1. The van der Waals surface area contributed by atoms with Crippen molar-refractivity contribution in [2.45, 2.75) is 19.9 Å². The van der Waals surface area contributed by atoms with Crippen LogP contribution in [0.4, 0.5) is 5.69 Å². The molecule has 0 saturated carbocycles. The number of hydrogen-bond donors (Lipinski definition) is 0. The van der Waals surface area contributed by atoms with Gasteiger partial charge in [0.1, 0.15) is 5.01 Å². The lowest BCUT2D eigenvalue weighted by Crippen LogP contribution is -2.35. The lowest BCUT2D eigenvalue weighted by atomic mass is 10.1. The van der Waals surface area contributed by atoms with E-state index in [0.717, 1.165) is 54.8 Å². The van der Waals surface area contributed by atoms with E-state index in [1.54, 1.807) is 16.2 Å². The van der Waals surface area contributed by atoms with Crippen molar-refractivity contribution in [2.75, 3.05) is 37.7 Å². The molecule has 0 N–H and O–H groups in total. The molecule has 0 unspecified atom stereocenters. The van der Waals surface area contributed by atoms with Gasteiger partial charge in [-0.2, -0.15) is 0 Å². The number of hydrogen-bond acceptors (Lipinski definition) is 5. The molecule has 0 atom stereocenters. The zero-order valence-corrected chi connectivity index (χ0v) is 18.1. The minimum absolute atomic E-state index is 0.0707. The molecule has 1 amide bonds. The molecular weight excluding hydrogens is 394 g/mol. The number of aromatic nitrogens is 1. The molecule has 0 bridgehead atoms. The third-order valence-electron chi connectivity index (χ3n) is 5.28. The molecule has 0 radical (unpaired) electrons. The number of rotatable bonds is 7. The number of morpholine rings is 1. The quantitative estimate of drug-likeness (QED) is 0.573. The molecule has 156 valence electrons. The Hall–Kier alpha value is -2.54. The largest absolute Gasteiger partial charge is 0.379 e. The molecular formula is C24H27N3O2S. The molecule has 30 heavy (non-hydrogen) atoms. The third kappa shape index (κ3) is 5.14. The molecule has 2 aromatic carbocycles. The normalized spacial score (nSPS) is 14.6. The van der Waals surface area contributed by atoms with E-state index in [1.165, 1.54) is 5.56 Å². The molecule has 3 aromatic rings. The first kappa shape index (κ1) is 20.7. The number of ether oxygens (including phenoxy) is 1. The fourth-order valence-electron chi connectivity index (χ4n) is 3.65. The van der Waals surface area contributed by atoms with E-state index in [9.17, 15) is 4.79 Å². The van der Waals surface area contributed by atoms with Gasteiger partial charge in [-0.1, -0.05) is 42.5 Å². The van der Waals surface area contributed by atoms with E-state index in [2.05, 4.69) is 29.2 Å². The van der Waals surface area contributed by atoms with Gasteiger partial charge in [0.05, 0.1) is 25.3 Å². The van der Waals surface area contributed by atoms with Gasteiger partial charge in [-0.15, -0.1) is 11.3 Å². The van der Waals surface area contributed by atoms with Crippen LogP contribution in [-0.4, -0.2) is 48.6 Å². The average molecular weight is 422 g/mol. The van der Waals surface area contributed by atoms with E-state index >= 15 is 0 Å². The molecule has 0 aliphatic carbocycles. The predicted molar refractivity (Wildman–Crippen MR) is 122 cm³/mol. The minimum Gasteiger partial charge on any atom is -0.379 e. The molecule has 1 aliphatic heterocycles. The number of benzene rings is 2. The van der Waals surface area contributed by atoms with Crippen LogP contribution >= 0.6 is 11.3 Å². The van der Waals surface area contributed by atoms with Crippen molar-refractivity contribution in [3.8, 4) is 10.6 Å². The number of likely N-dealkylation sites (N-methyl/N-ethyl adjacent to an activating group) is 1. The summed E-state index contributed by atoms with van der Waals surface area (Å²) < 4.78 is 5.42. The summed E-state index contributed by atoms with van der Waals surface area (Å²) in [6.45, 7) is 7.21. The summed E-state index contributed by atoms with van der Waals surface area (Å²) in [7, 11) is 0. The maximum atomic E-state index is 12.8. The van der Waals surface area contributed by atoms with Gasteiger partial charge in [-0.05, 0) is 24.6 Å². The SMILES string of the molecule is CCN(C(=O)Cc1csc(-c2ccc(CN3CCOCC3)cc2)n1)c1ccccc1. The highest BCUT2D eigenvalue weighted by molar-refractivity contribution is 7.13. The Labute approximate surface area is 181 Å². The van der Waals surface area contributed by atoms with E-state index in [1.807, 2.05) is 42.6 Å². The van der Waals surface area contributed by atoms with Gasteiger partial charge in [-0.3, -0.25) is 9.69 Å². The van der Waals surface area contributed by atoms with Crippen LogP contribution in [0.25, 0.3) is 10.6 Å². The van der Waals surface area contributed by atoms with Gasteiger partial charge in [0.15, 0.2) is 0 Å². The molecule has 4 rings (SSSR count). The first-order valence-corrected chi connectivity index (χ1v) is 11.3. The molecule has 1 saturated heterocycles. The zero-order chi connectivity index (χ0) is 20.8. The van der Waals surface area contributed by atoms with E-state index in [0.29, 0.717) is 13.0 Å². The van der Waals surface area contributed by atoms with Crippen molar-refractivity contribution in [1.82, 2.24) is 9.88 Å². The number of amides is 1. The number of para-hydroxylation sites is 1. The second-order valence-corrected chi connectivity index (χ2v) is 8.24. The maximum Gasteiger partial charge on any atom is 0.233 e. The van der Waals surface area contributed by atoms with Gasteiger partial charge < -0.3 is 9.64 Å². The first-order chi connectivity index (χ1) is 14.7. The fourth-order valence-corrected chi connectivity index (χ4v) is 4.48. The van der Waals surface area contributed by atoms with Gasteiger partial charge in [0.25, 0.3) is 0 Å². The molecule has 6 heteroatoms. The topological polar surface area (TPSA) is 45.7 Å². The van der Waals surface area contributed by atoms with Gasteiger partial charge in [0.2, 0.25) is 5.91 Å². The minimum atomic E-state index is 0.0707. The predicted octanol–water partition coefficient (Wildman–Crippen LogP) is 4.24. The molecule has 1 aliphatic rings. The van der Waals surface area contributed by atoms with Crippen LogP contribution in [0.1, 0.15) is 18.2 Å². The Morgan fingerprint density at radius 2 is 1.83 bits per heavy atom. The molecule has 1 aromatic heterocycles. The van der Waals surface area contributed by atoms with Crippen molar-refractivity contribution in [2.24, 2.45) is 0 Å². The van der Waals surface area contributed by atoms with Gasteiger partial charge in [-0.25, -0.2) is 4.98 Å². The molecule has 0 spiro atoms. The van der Waals surface area contributed by atoms with E-state index in [-0.39, 0.29) is 5.91 Å². The zero-order valence-electron chi connectivity index (χ0n) is 17.3. The van der Waals surface area contributed by atoms with E-state index < -0.39 is 0 Å². The number of nitrogens with zero attached hydrogens (tertiary/aromatic N) is 3. The Bertz CT molecular complexity index is 950. The van der Waals surface area contributed by atoms with Crippen LogP contribution in [-0.2, 0) is 22.5 Å². The number of thiazole rings is 1. The molecule has 1 fully saturated rings. The summed E-state index contributed by atoms with van der Waals surface area (Å²) in [6, 6.07) is 18.4. The highest BCUT2D eigenvalue weighted by Gasteiger charge is 2.16. The summed E-state index contributed by atoms with van der Waals surface area (Å²) >= 11 is 1.59. The fraction of sp³-hybridized carbons (Fsp3) is 0.333. The summed E-state index contributed by atoms with van der Waals surface area (Å²) in [4.78, 5) is 21.7. The van der Waals surface area contributed by atoms with Crippen LogP contribution in [0.5, 0.6) is 0 Å². The van der Waals surface area contributed by atoms with E-state index in [4.69, 9.17) is 9.72 Å². The van der Waals surface area contributed by atoms with Crippen molar-refractivity contribution < 1.29 is 9.53 Å². The third-order valence-corrected chi connectivity index (χ3v) is 6.22. The maximum absolute atomic E-state index is 12.8. The summed E-state index contributed by atoms with van der Waals surface area (Å²) in [5.74, 6) is 0.0707. The highest BCUT2D eigenvalue weighted by Crippen LogP contribution is 2.25.